The van der Waals surface area contributed by atoms with Crippen molar-refractivity contribution in [1.29, 1.82) is 0 Å². The third kappa shape index (κ3) is 2.47. The van der Waals surface area contributed by atoms with Crippen LogP contribution >= 0.6 is 27.5 Å². The molecule has 0 fully saturated rings. The lowest BCUT2D eigenvalue weighted by Gasteiger charge is -2.07. The third-order valence-corrected chi connectivity index (χ3v) is 3.28. The maximum atomic E-state index is 6.17. The number of hydrogen-bond acceptors (Lipinski definition) is 1. The molecule has 0 saturated carbocycles. The van der Waals surface area contributed by atoms with Gasteiger partial charge in [0.05, 0.1) is 12.2 Å². The summed E-state index contributed by atoms with van der Waals surface area (Å²) < 4.78 is 2.96. The van der Waals surface area contributed by atoms with Gasteiger partial charge in [-0.3, -0.25) is 4.68 Å². The Labute approximate surface area is 108 Å². The number of halogens is 2. The van der Waals surface area contributed by atoms with Crippen LogP contribution in [-0.2, 0) is 6.54 Å². The molecular weight excluding hydrogens is 288 g/mol. The molecule has 0 aliphatic carbocycles. The Hall–Kier alpha value is -0.800. The lowest BCUT2D eigenvalue weighted by Crippen LogP contribution is -2.04. The summed E-state index contributed by atoms with van der Waals surface area (Å²) in [6.07, 6.45) is 0. The van der Waals surface area contributed by atoms with Crippen molar-refractivity contribution in [3.8, 4) is 0 Å². The molecule has 0 spiro atoms. The Bertz CT molecular complexity index is 520. The van der Waals surface area contributed by atoms with E-state index in [0.717, 1.165) is 26.4 Å². The van der Waals surface area contributed by atoms with Gasteiger partial charge in [0, 0.05) is 15.2 Å². The summed E-state index contributed by atoms with van der Waals surface area (Å²) in [5.41, 5.74) is 3.26. The minimum atomic E-state index is 0.714. The van der Waals surface area contributed by atoms with Crippen molar-refractivity contribution in [1.82, 2.24) is 9.78 Å². The molecule has 4 heteroatoms. The topological polar surface area (TPSA) is 17.8 Å². The molecule has 0 amide bonds. The predicted octanol–water partition coefficient (Wildman–Crippen LogP) is 3.96. The molecule has 1 aromatic carbocycles. The highest BCUT2D eigenvalue weighted by molar-refractivity contribution is 9.10. The van der Waals surface area contributed by atoms with Gasteiger partial charge in [0.25, 0.3) is 0 Å². The molecule has 2 nitrogen and oxygen atoms in total. The largest absolute Gasteiger partial charge is 0.265 e. The van der Waals surface area contributed by atoms with Crippen LogP contribution in [0.5, 0.6) is 0 Å². The molecule has 0 bridgehead atoms. The molecule has 2 rings (SSSR count). The van der Waals surface area contributed by atoms with Crippen molar-refractivity contribution in [2.24, 2.45) is 0 Å². The molecule has 16 heavy (non-hydrogen) atoms. The summed E-state index contributed by atoms with van der Waals surface area (Å²) >= 11 is 9.56. The maximum absolute atomic E-state index is 6.17. The highest BCUT2D eigenvalue weighted by Gasteiger charge is 2.05. The van der Waals surface area contributed by atoms with Crippen molar-refractivity contribution in [3.05, 3.63) is 50.7 Å². The van der Waals surface area contributed by atoms with Gasteiger partial charge in [-0.05, 0) is 37.6 Å². The number of rotatable bonds is 2. The van der Waals surface area contributed by atoms with Gasteiger partial charge in [-0.15, -0.1) is 0 Å². The summed E-state index contributed by atoms with van der Waals surface area (Å²) in [5.74, 6) is 0. The normalized spacial score (nSPS) is 10.8. The van der Waals surface area contributed by atoms with Crippen LogP contribution in [0.4, 0.5) is 0 Å². The third-order valence-electron chi connectivity index (χ3n) is 2.44. The second-order valence-corrected chi connectivity index (χ2v) is 5.14. The second-order valence-electron chi connectivity index (χ2n) is 3.82. The standard InChI is InChI=1S/C12H12BrClN2/c1-8-5-9(2)16(15-8)7-10-3-4-11(13)6-12(10)14/h3-6H,7H2,1-2H3. The van der Waals surface area contributed by atoms with Crippen LogP contribution in [0.25, 0.3) is 0 Å². The Morgan fingerprint density at radius 3 is 2.62 bits per heavy atom. The molecule has 0 aliphatic rings. The number of aromatic nitrogens is 2. The summed E-state index contributed by atoms with van der Waals surface area (Å²) in [4.78, 5) is 0. The zero-order valence-corrected chi connectivity index (χ0v) is 11.5. The monoisotopic (exact) mass is 298 g/mol. The number of hydrogen-bond donors (Lipinski definition) is 0. The first-order valence-electron chi connectivity index (χ1n) is 5.01. The van der Waals surface area contributed by atoms with Crippen LogP contribution < -0.4 is 0 Å². The van der Waals surface area contributed by atoms with Gasteiger partial charge in [0.2, 0.25) is 0 Å². The highest BCUT2D eigenvalue weighted by atomic mass is 79.9. The minimum Gasteiger partial charge on any atom is -0.265 e. The molecule has 2 aromatic rings. The fourth-order valence-corrected chi connectivity index (χ4v) is 2.38. The number of benzene rings is 1. The van der Waals surface area contributed by atoms with Crippen LogP contribution in [0, 0.1) is 13.8 Å². The van der Waals surface area contributed by atoms with E-state index in [4.69, 9.17) is 11.6 Å². The van der Waals surface area contributed by atoms with Crippen molar-refractivity contribution >= 4 is 27.5 Å². The van der Waals surface area contributed by atoms with Gasteiger partial charge in [0.1, 0.15) is 0 Å². The second kappa shape index (κ2) is 4.60. The minimum absolute atomic E-state index is 0.714. The maximum Gasteiger partial charge on any atom is 0.0677 e. The first-order valence-corrected chi connectivity index (χ1v) is 6.18. The van der Waals surface area contributed by atoms with E-state index in [0.29, 0.717) is 6.54 Å². The molecule has 0 radical (unpaired) electrons. The quantitative estimate of drug-likeness (QED) is 0.820. The predicted molar refractivity (Wildman–Crippen MR) is 70.0 cm³/mol. The Morgan fingerprint density at radius 2 is 2.06 bits per heavy atom. The van der Waals surface area contributed by atoms with Crippen molar-refractivity contribution < 1.29 is 0 Å². The van der Waals surface area contributed by atoms with Gasteiger partial charge in [-0.1, -0.05) is 33.6 Å². The smallest absolute Gasteiger partial charge is 0.0677 e. The van der Waals surface area contributed by atoms with E-state index in [1.807, 2.05) is 36.7 Å². The number of aryl methyl sites for hydroxylation is 2. The average Bonchev–Trinajstić information content (AvgIpc) is 2.50. The Morgan fingerprint density at radius 1 is 1.31 bits per heavy atom. The molecule has 1 heterocycles. The van der Waals surface area contributed by atoms with E-state index < -0.39 is 0 Å². The zero-order valence-electron chi connectivity index (χ0n) is 9.17. The van der Waals surface area contributed by atoms with Gasteiger partial charge in [0.15, 0.2) is 0 Å². The van der Waals surface area contributed by atoms with Crippen molar-refractivity contribution in [2.75, 3.05) is 0 Å². The van der Waals surface area contributed by atoms with Crippen LogP contribution in [0.15, 0.2) is 28.7 Å². The lowest BCUT2D eigenvalue weighted by molar-refractivity contribution is 0.659. The van der Waals surface area contributed by atoms with E-state index in [1.165, 1.54) is 0 Å². The molecular formula is C12H12BrClN2. The molecule has 1 aromatic heterocycles. The van der Waals surface area contributed by atoms with E-state index in [9.17, 15) is 0 Å². The Balaban J connectivity index is 2.30. The van der Waals surface area contributed by atoms with E-state index in [1.54, 1.807) is 0 Å². The van der Waals surface area contributed by atoms with Gasteiger partial charge >= 0.3 is 0 Å². The van der Waals surface area contributed by atoms with Gasteiger partial charge in [-0.25, -0.2) is 0 Å². The van der Waals surface area contributed by atoms with Crippen LogP contribution in [0.2, 0.25) is 5.02 Å². The summed E-state index contributed by atoms with van der Waals surface area (Å²) in [6, 6.07) is 7.98. The zero-order chi connectivity index (χ0) is 11.7. The molecule has 0 saturated heterocycles. The summed E-state index contributed by atoms with van der Waals surface area (Å²) in [6.45, 7) is 4.76. The summed E-state index contributed by atoms with van der Waals surface area (Å²) in [5, 5.41) is 5.18. The van der Waals surface area contributed by atoms with E-state index in [-0.39, 0.29) is 0 Å². The van der Waals surface area contributed by atoms with Gasteiger partial charge in [-0.2, -0.15) is 5.10 Å². The van der Waals surface area contributed by atoms with Crippen LogP contribution in [0.3, 0.4) is 0 Å². The van der Waals surface area contributed by atoms with Gasteiger partial charge < -0.3 is 0 Å². The summed E-state index contributed by atoms with van der Waals surface area (Å²) in [7, 11) is 0. The number of nitrogens with zero attached hydrogens (tertiary/aromatic N) is 2. The molecule has 84 valence electrons. The van der Waals surface area contributed by atoms with Crippen molar-refractivity contribution in [2.45, 2.75) is 20.4 Å². The average molecular weight is 300 g/mol. The Kier molecular flexibility index (Phi) is 3.36. The SMILES string of the molecule is Cc1cc(C)n(Cc2ccc(Br)cc2Cl)n1. The van der Waals surface area contributed by atoms with Crippen LogP contribution in [0.1, 0.15) is 17.0 Å². The molecule has 0 atom stereocenters. The van der Waals surface area contributed by atoms with Crippen molar-refractivity contribution in [3.63, 3.8) is 0 Å². The lowest BCUT2D eigenvalue weighted by atomic mass is 10.2. The highest BCUT2D eigenvalue weighted by Crippen LogP contribution is 2.22. The molecule has 0 N–H and O–H groups in total. The fraction of sp³-hybridized carbons (Fsp3) is 0.250. The molecule has 0 unspecified atom stereocenters. The van der Waals surface area contributed by atoms with E-state index >= 15 is 0 Å². The van der Waals surface area contributed by atoms with Crippen LogP contribution in [-0.4, -0.2) is 9.78 Å². The molecule has 0 aliphatic heterocycles. The van der Waals surface area contributed by atoms with E-state index in [2.05, 4.69) is 27.1 Å². The first-order chi connectivity index (χ1) is 7.56. The fourth-order valence-electron chi connectivity index (χ4n) is 1.65. The first kappa shape index (κ1) is 11.7.